The molecule has 0 saturated carbocycles. The van der Waals surface area contributed by atoms with Crippen LogP contribution in [-0.2, 0) is 14.3 Å². The third kappa shape index (κ3) is 2.32. The molecule has 4 nitrogen and oxygen atoms in total. The number of carbonyl (C=O) groups is 1. The first-order chi connectivity index (χ1) is 10.3. The maximum Gasteiger partial charge on any atom is 0.423 e. The van der Waals surface area contributed by atoms with Crippen molar-refractivity contribution in [1.29, 1.82) is 0 Å². The average molecular weight is 368 g/mol. The molecule has 1 fully saturated rings. The van der Waals surface area contributed by atoms with Gasteiger partial charge in [-0.1, -0.05) is 6.58 Å². The molecule has 3 atom stereocenters. The SMILES string of the molecule is C=C(C)C(=O)OC1(C)C(F)(F)C(C)(O)OC(C)(C(F)(F)F)C1(F)F. The Morgan fingerprint density at radius 1 is 1.08 bits per heavy atom. The number of ether oxygens (including phenoxy) is 2. The fourth-order valence-corrected chi connectivity index (χ4v) is 2.26. The molecular formula is C13H15F7O4. The van der Waals surface area contributed by atoms with Crippen LogP contribution in [0.25, 0.3) is 0 Å². The molecule has 0 aliphatic carbocycles. The van der Waals surface area contributed by atoms with Gasteiger partial charge >= 0.3 is 24.0 Å². The third-order valence-electron chi connectivity index (χ3n) is 3.97. The summed E-state index contributed by atoms with van der Waals surface area (Å²) in [7, 11) is 0. The molecule has 11 heteroatoms. The first-order valence-electron chi connectivity index (χ1n) is 6.42. The molecule has 0 bridgehead atoms. The van der Waals surface area contributed by atoms with E-state index < -0.39 is 46.6 Å². The number of hydrogen-bond donors (Lipinski definition) is 1. The molecule has 0 radical (unpaired) electrons. The van der Waals surface area contributed by atoms with E-state index in [1.54, 1.807) is 0 Å². The van der Waals surface area contributed by atoms with E-state index >= 15 is 0 Å². The number of rotatable bonds is 2. The molecule has 24 heavy (non-hydrogen) atoms. The molecular weight excluding hydrogens is 353 g/mol. The van der Waals surface area contributed by atoms with Crippen LogP contribution in [0.2, 0.25) is 0 Å². The van der Waals surface area contributed by atoms with Gasteiger partial charge in [0.05, 0.1) is 0 Å². The minimum atomic E-state index is -5.88. The molecule has 3 unspecified atom stereocenters. The first kappa shape index (κ1) is 20.7. The molecule has 1 aliphatic heterocycles. The molecule has 0 aromatic carbocycles. The summed E-state index contributed by atoms with van der Waals surface area (Å²) in [5.74, 6) is -16.4. The molecule has 1 rings (SSSR count). The Morgan fingerprint density at radius 3 is 1.83 bits per heavy atom. The van der Waals surface area contributed by atoms with Gasteiger partial charge in [0.2, 0.25) is 17.0 Å². The monoisotopic (exact) mass is 368 g/mol. The largest absolute Gasteiger partial charge is 0.443 e. The summed E-state index contributed by atoms with van der Waals surface area (Å²) in [5, 5.41) is 9.60. The van der Waals surface area contributed by atoms with Crippen molar-refractivity contribution in [2.24, 2.45) is 0 Å². The predicted molar refractivity (Wildman–Crippen MR) is 65.4 cm³/mol. The van der Waals surface area contributed by atoms with E-state index in [1.807, 2.05) is 0 Å². The van der Waals surface area contributed by atoms with Crippen LogP contribution in [-0.4, -0.2) is 46.1 Å². The second-order valence-corrected chi connectivity index (χ2v) is 5.97. The molecule has 1 aliphatic rings. The van der Waals surface area contributed by atoms with Crippen molar-refractivity contribution in [2.75, 3.05) is 0 Å². The Bertz CT molecular complexity index is 569. The highest BCUT2D eigenvalue weighted by Crippen LogP contribution is 2.63. The second kappa shape index (κ2) is 5.07. The summed E-state index contributed by atoms with van der Waals surface area (Å²) in [6.45, 7) is 3.65. The minimum absolute atomic E-state index is 0.0685. The highest BCUT2D eigenvalue weighted by atomic mass is 19.4. The lowest BCUT2D eigenvalue weighted by Gasteiger charge is -2.57. The van der Waals surface area contributed by atoms with E-state index in [0.717, 1.165) is 6.92 Å². The van der Waals surface area contributed by atoms with Gasteiger partial charge in [-0.3, -0.25) is 0 Å². The summed E-state index contributed by atoms with van der Waals surface area (Å²) in [5.41, 5.74) is -9.54. The van der Waals surface area contributed by atoms with Gasteiger partial charge in [-0.2, -0.15) is 30.7 Å². The zero-order valence-electron chi connectivity index (χ0n) is 13.0. The van der Waals surface area contributed by atoms with Crippen LogP contribution >= 0.6 is 0 Å². The van der Waals surface area contributed by atoms with Crippen LogP contribution in [0.4, 0.5) is 30.7 Å². The van der Waals surface area contributed by atoms with E-state index in [-0.39, 0.29) is 20.8 Å². The lowest BCUT2D eigenvalue weighted by Crippen LogP contribution is -2.83. The van der Waals surface area contributed by atoms with Crippen LogP contribution in [0.5, 0.6) is 0 Å². The van der Waals surface area contributed by atoms with Crippen molar-refractivity contribution in [1.82, 2.24) is 0 Å². The Labute approximate surface area is 132 Å². The summed E-state index contributed by atoms with van der Waals surface area (Å²) < 4.78 is 105. The van der Waals surface area contributed by atoms with Crippen molar-refractivity contribution >= 4 is 5.97 Å². The maximum absolute atomic E-state index is 14.5. The summed E-state index contributed by atoms with van der Waals surface area (Å²) in [4.78, 5) is 11.5. The third-order valence-corrected chi connectivity index (χ3v) is 3.97. The Balaban J connectivity index is 3.73. The number of hydrogen-bond acceptors (Lipinski definition) is 4. The number of aliphatic hydroxyl groups is 1. The van der Waals surface area contributed by atoms with E-state index in [0.29, 0.717) is 0 Å². The van der Waals surface area contributed by atoms with E-state index in [2.05, 4.69) is 16.1 Å². The van der Waals surface area contributed by atoms with E-state index in [1.165, 1.54) is 0 Å². The molecule has 0 spiro atoms. The molecule has 1 N–H and O–H groups in total. The van der Waals surface area contributed by atoms with Gasteiger partial charge in [0.15, 0.2) is 0 Å². The average Bonchev–Trinajstić information content (AvgIpc) is 2.34. The van der Waals surface area contributed by atoms with Gasteiger partial charge in [-0.05, 0) is 27.7 Å². The van der Waals surface area contributed by atoms with Crippen molar-refractivity contribution in [3.63, 3.8) is 0 Å². The molecule has 140 valence electrons. The van der Waals surface area contributed by atoms with Crippen molar-refractivity contribution in [3.8, 4) is 0 Å². The number of carbonyl (C=O) groups excluding carboxylic acids is 1. The fraction of sp³-hybridized carbons (Fsp3) is 0.769. The van der Waals surface area contributed by atoms with Crippen molar-refractivity contribution < 1.29 is 50.1 Å². The molecule has 0 aromatic heterocycles. The fourth-order valence-electron chi connectivity index (χ4n) is 2.26. The number of alkyl halides is 7. The lowest BCUT2D eigenvalue weighted by molar-refractivity contribution is -0.509. The van der Waals surface area contributed by atoms with Gasteiger partial charge in [-0.15, -0.1) is 0 Å². The summed E-state index contributed by atoms with van der Waals surface area (Å²) in [6.07, 6.45) is -5.88. The standard InChI is InChI=1S/C13H15F7O4/c1-6(2)7(21)23-8(3)11(14,15)9(4,13(18,19)20)24-10(5,22)12(8,16)17/h22H,1H2,2-5H3. The van der Waals surface area contributed by atoms with Gasteiger partial charge in [0.25, 0.3) is 0 Å². The van der Waals surface area contributed by atoms with Crippen molar-refractivity contribution in [2.45, 2.75) is 62.7 Å². The minimum Gasteiger partial charge on any atom is -0.443 e. The molecule has 0 aromatic rings. The van der Waals surface area contributed by atoms with Gasteiger partial charge in [0.1, 0.15) is 0 Å². The number of halogens is 7. The van der Waals surface area contributed by atoms with Crippen LogP contribution < -0.4 is 0 Å². The Kier molecular flexibility index (Phi) is 4.37. The lowest BCUT2D eigenvalue weighted by atomic mass is 9.73. The highest BCUT2D eigenvalue weighted by Gasteiger charge is 2.89. The molecule has 1 saturated heterocycles. The highest BCUT2D eigenvalue weighted by molar-refractivity contribution is 5.87. The smallest absolute Gasteiger partial charge is 0.423 e. The van der Waals surface area contributed by atoms with Crippen LogP contribution in [0, 0.1) is 0 Å². The molecule has 0 amide bonds. The van der Waals surface area contributed by atoms with Gasteiger partial charge in [0, 0.05) is 5.57 Å². The Hall–Kier alpha value is -1.36. The zero-order chi connectivity index (χ0) is 19.6. The van der Waals surface area contributed by atoms with Crippen LogP contribution in [0.1, 0.15) is 27.7 Å². The van der Waals surface area contributed by atoms with Crippen molar-refractivity contribution in [3.05, 3.63) is 12.2 Å². The van der Waals surface area contributed by atoms with E-state index in [9.17, 15) is 40.6 Å². The van der Waals surface area contributed by atoms with Crippen LogP contribution in [0.3, 0.4) is 0 Å². The summed E-state index contributed by atoms with van der Waals surface area (Å²) in [6, 6.07) is 0. The topological polar surface area (TPSA) is 55.8 Å². The summed E-state index contributed by atoms with van der Waals surface area (Å²) >= 11 is 0. The quantitative estimate of drug-likeness (QED) is 0.462. The number of esters is 1. The van der Waals surface area contributed by atoms with E-state index in [4.69, 9.17) is 0 Å². The first-order valence-corrected chi connectivity index (χ1v) is 6.42. The predicted octanol–water partition coefficient (Wildman–Crippen LogP) is 3.19. The van der Waals surface area contributed by atoms with Gasteiger partial charge < -0.3 is 14.6 Å². The Morgan fingerprint density at radius 2 is 1.50 bits per heavy atom. The van der Waals surface area contributed by atoms with Gasteiger partial charge in [-0.25, -0.2) is 4.79 Å². The zero-order valence-corrected chi connectivity index (χ0v) is 13.0. The normalized spacial score (nSPS) is 38.5. The maximum atomic E-state index is 14.5. The second-order valence-electron chi connectivity index (χ2n) is 5.97. The molecule has 1 heterocycles. The van der Waals surface area contributed by atoms with Crippen LogP contribution in [0.15, 0.2) is 12.2 Å².